The van der Waals surface area contributed by atoms with Gasteiger partial charge in [0.05, 0.1) is 15.5 Å². The lowest BCUT2D eigenvalue weighted by molar-refractivity contribution is 0.484. The summed E-state index contributed by atoms with van der Waals surface area (Å²) in [7, 11) is -8.91. The smallest absolute Gasteiger partial charge is 0.297 e. The van der Waals surface area contributed by atoms with E-state index >= 15 is 0 Å². The second kappa shape index (κ2) is 7.23. The molecule has 0 bridgehead atoms. The molecule has 1 aromatic heterocycles. The molecule has 1 heterocycles. The van der Waals surface area contributed by atoms with E-state index in [4.69, 9.17) is 5.73 Å². The number of aromatic amines is 1. The van der Waals surface area contributed by atoms with Gasteiger partial charge in [-0.1, -0.05) is 36.4 Å². The summed E-state index contributed by atoms with van der Waals surface area (Å²) in [5.41, 5.74) is 8.27. The molecule has 0 aliphatic carbocycles. The molecular formula is C22H20N2O5S2. The third-order valence-electron chi connectivity index (χ3n) is 5.20. The van der Waals surface area contributed by atoms with Gasteiger partial charge < -0.3 is 10.7 Å². The monoisotopic (exact) mass is 456 g/mol. The highest BCUT2D eigenvalue weighted by Gasteiger charge is 2.31. The third kappa shape index (κ3) is 3.50. The molecule has 7 nitrogen and oxygen atoms in total. The van der Waals surface area contributed by atoms with Gasteiger partial charge in [0.15, 0.2) is 0 Å². The molecule has 0 atom stereocenters. The van der Waals surface area contributed by atoms with Gasteiger partial charge >= 0.3 is 0 Å². The maximum atomic E-state index is 13.6. The van der Waals surface area contributed by atoms with Crippen molar-refractivity contribution in [1.29, 1.82) is 0 Å². The van der Waals surface area contributed by atoms with Crippen LogP contribution in [0.3, 0.4) is 0 Å². The molecule has 0 amide bonds. The van der Waals surface area contributed by atoms with E-state index in [1.807, 2.05) is 0 Å². The Labute approximate surface area is 180 Å². The van der Waals surface area contributed by atoms with Crippen molar-refractivity contribution < 1.29 is 21.4 Å². The largest absolute Gasteiger partial charge is 0.399 e. The highest BCUT2D eigenvalue weighted by atomic mass is 32.2. The quantitative estimate of drug-likeness (QED) is 0.313. The summed E-state index contributed by atoms with van der Waals surface area (Å²) in [6.45, 7) is 3.32. The molecule has 0 aliphatic heterocycles. The first-order chi connectivity index (χ1) is 14.5. The fourth-order valence-electron chi connectivity index (χ4n) is 3.70. The molecule has 0 spiro atoms. The predicted molar refractivity (Wildman–Crippen MR) is 119 cm³/mol. The Balaban J connectivity index is 2.12. The topological polar surface area (TPSA) is 130 Å². The van der Waals surface area contributed by atoms with Crippen LogP contribution in [0.2, 0.25) is 0 Å². The third-order valence-corrected chi connectivity index (χ3v) is 8.07. The van der Waals surface area contributed by atoms with Crippen LogP contribution in [0.4, 0.5) is 5.69 Å². The molecule has 0 saturated heterocycles. The SMILES string of the molecule is Cc1cc(S(=O)(=O)c2cccc3[nH]c(-c4ccccc4)c(S(=O)(=O)O)c23)c(C)cc1N. The Morgan fingerprint density at radius 1 is 0.839 bits per heavy atom. The van der Waals surface area contributed by atoms with Gasteiger partial charge in [-0.3, -0.25) is 4.55 Å². The van der Waals surface area contributed by atoms with Crippen LogP contribution in [-0.2, 0) is 20.0 Å². The van der Waals surface area contributed by atoms with Crippen LogP contribution in [0.1, 0.15) is 11.1 Å². The maximum absolute atomic E-state index is 13.6. The first kappa shape index (κ1) is 21.1. The highest BCUT2D eigenvalue weighted by molar-refractivity contribution is 7.92. The second-order valence-corrected chi connectivity index (χ2v) is 10.6. The number of fused-ring (bicyclic) bond motifs is 1. The van der Waals surface area contributed by atoms with E-state index in [1.165, 1.54) is 18.2 Å². The minimum atomic E-state index is -4.77. The van der Waals surface area contributed by atoms with Crippen LogP contribution in [0.15, 0.2) is 75.4 Å². The van der Waals surface area contributed by atoms with Gasteiger partial charge in [0.2, 0.25) is 9.84 Å². The number of aryl methyl sites for hydroxylation is 2. The number of hydrogen-bond acceptors (Lipinski definition) is 5. The van der Waals surface area contributed by atoms with Crippen molar-refractivity contribution in [3.63, 3.8) is 0 Å². The van der Waals surface area contributed by atoms with Crippen LogP contribution in [0.25, 0.3) is 22.2 Å². The Morgan fingerprint density at radius 3 is 2.16 bits per heavy atom. The summed E-state index contributed by atoms with van der Waals surface area (Å²) < 4.78 is 62.1. The molecule has 4 N–H and O–H groups in total. The molecular weight excluding hydrogens is 436 g/mol. The van der Waals surface area contributed by atoms with E-state index in [2.05, 4.69) is 4.98 Å². The summed E-state index contributed by atoms with van der Waals surface area (Å²) in [5, 5.41) is -0.0854. The van der Waals surface area contributed by atoms with Crippen LogP contribution in [0.5, 0.6) is 0 Å². The molecule has 160 valence electrons. The number of nitrogens with two attached hydrogens (primary N) is 1. The predicted octanol–water partition coefficient (Wildman–Crippen LogP) is 4.11. The van der Waals surface area contributed by atoms with E-state index in [0.29, 0.717) is 22.4 Å². The molecule has 0 aliphatic rings. The van der Waals surface area contributed by atoms with Gasteiger partial charge in [-0.25, -0.2) is 8.42 Å². The Morgan fingerprint density at radius 2 is 1.52 bits per heavy atom. The van der Waals surface area contributed by atoms with Crippen LogP contribution < -0.4 is 5.73 Å². The maximum Gasteiger partial charge on any atom is 0.297 e. The van der Waals surface area contributed by atoms with Crippen LogP contribution >= 0.6 is 0 Å². The Bertz CT molecular complexity index is 1540. The van der Waals surface area contributed by atoms with E-state index in [9.17, 15) is 21.4 Å². The lowest BCUT2D eigenvalue weighted by Gasteiger charge is -2.12. The summed E-state index contributed by atoms with van der Waals surface area (Å²) >= 11 is 0. The molecule has 0 unspecified atom stereocenters. The zero-order valence-corrected chi connectivity index (χ0v) is 18.4. The van der Waals surface area contributed by atoms with Crippen LogP contribution in [0, 0.1) is 13.8 Å². The van der Waals surface area contributed by atoms with E-state index in [-0.39, 0.29) is 26.4 Å². The Hall–Kier alpha value is -3.14. The van der Waals surface area contributed by atoms with E-state index in [1.54, 1.807) is 56.3 Å². The van der Waals surface area contributed by atoms with Crippen molar-refractivity contribution in [3.05, 3.63) is 71.8 Å². The first-order valence-electron chi connectivity index (χ1n) is 9.31. The van der Waals surface area contributed by atoms with Gasteiger partial charge in [0.25, 0.3) is 10.1 Å². The number of sulfone groups is 1. The number of nitrogen functional groups attached to an aromatic ring is 1. The standard InChI is InChI=1S/C22H20N2O5S2/c1-13-12-19(14(2)11-16(13)23)30(25,26)18-10-6-9-17-20(18)22(31(27,28)29)21(24-17)15-7-4-3-5-8-15/h3-12,24H,23H2,1-2H3,(H,27,28,29). The molecule has 31 heavy (non-hydrogen) atoms. The van der Waals surface area contributed by atoms with Gasteiger partial charge in [0.1, 0.15) is 4.90 Å². The van der Waals surface area contributed by atoms with Crippen molar-refractivity contribution in [2.45, 2.75) is 28.5 Å². The number of rotatable bonds is 4. The number of nitrogens with one attached hydrogen (secondary N) is 1. The molecule has 0 radical (unpaired) electrons. The first-order valence-corrected chi connectivity index (χ1v) is 12.2. The van der Waals surface area contributed by atoms with Gasteiger partial charge in [0, 0.05) is 16.6 Å². The van der Waals surface area contributed by atoms with Crippen molar-refractivity contribution in [2.75, 3.05) is 5.73 Å². The van der Waals surface area contributed by atoms with Gasteiger partial charge in [-0.15, -0.1) is 0 Å². The lowest BCUT2D eigenvalue weighted by atomic mass is 10.1. The molecule has 0 saturated carbocycles. The number of benzene rings is 3. The summed E-state index contributed by atoms with van der Waals surface area (Å²) in [6.07, 6.45) is 0. The molecule has 0 fully saturated rings. The van der Waals surface area contributed by atoms with Gasteiger partial charge in [-0.2, -0.15) is 8.42 Å². The highest BCUT2D eigenvalue weighted by Crippen LogP contribution is 2.39. The Kier molecular flexibility index (Phi) is 4.92. The van der Waals surface area contributed by atoms with E-state index < -0.39 is 24.9 Å². The molecule has 4 rings (SSSR count). The zero-order chi connectivity index (χ0) is 22.6. The minimum absolute atomic E-state index is 0.0236. The second-order valence-electron chi connectivity index (χ2n) is 7.33. The molecule has 3 aromatic carbocycles. The van der Waals surface area contributed by atoms with Crippen molar-refractivity contribution >= 4 is 36.5 Å². The van der Waals surface area contributed by atoms with Crippen LogP contribution in [-0.4, -0.2) is 26.4 Å². The van der Waals surface area contributed by atoms with Crippen molar-refractivity contribution in [1.82, 2.24) is 4.98 Å². The number of hydrogen-bond donors (Lipinski definition) is 3. The summed E-state index contributed by atoms with van der Waals surface area (Å²) in [4.78, 5) is 2.29. The number of H-pyrrole nitrogens is 1. The van der Waals surface area contributed by atoms with Crippen molar-refractivity contribution in [2.24, 2.45) is 0 Å². The van der Waals surface area contributed by atoms with E-state index in [0.717, 1.165) is 0 Å². The molecule has 9 heteroatoms. The minimum Gasteiger partial charge on any atom is -0.399 e. The fraction of sp³-hybridized carbons (Fsp3) is 0.0909. The summed E-state index contributed by atoms with van der Waals surface area (Å²) in [6, 6.07) is 16.0. The zero-order valence-electron chi connectivity index (χ0n) is 16.7. The number of anilines is 1. The number of aromatic nitrogens is 1. The average molecular weight is 457 g/mol. The van der Waals surface area contributed by atoms with Crippen molar-refractivity contribution in [3.8, 4) is 11.3 Å². The average Bonchev–Trinajstić information content (AvgIpc) is 3.11. The normalized spacial score (nSPS) is 12.4. The summed E-state index contributed by atoms with van der Waals surface area (Å²) in [5.74, 6) is 0. The van der Waals surface area contributed by atoms with Gasteiger partial charge in [-0.05, 0) is 54.8 Å². The fourth-order valence-corrected chi connectivity index (χ4v) is 6.46. The molecule has 4 aromatic rings. The lowest BCUT2D eigenvalue weighted by Crippen LogP contribution is -2.08.